The maximum atomic E-state index is 11.6. The first-order valence-electron chi connectivity index (χ1n) is 4.43. The average molecular weight is 216 g/mol. The van der Waals surface area contributed by atoms with Crippen molar-refractivity contribution in [3.8, 4) is 0 Å². The first kappa shape index (κ1) is 9.97. The number of aromatic nitrogens is 5. The van der Waals surface area contributed by atoms with Gasteiger partial charge in [-0.05, 0) is 17.3 Å². The van der Waals surface area contributed by atoms with Crippen molar-refractivity contribution in [1.29, 1.82) is 0 Å². The van der Waals surface area contributed by atoms with Crippen LogP contribution >= 0.6 is 0 Å². The van der Waals surface area contributed by atoms with Gasteiger partial charge in [0.1, 0.15) is 0 Å². The second-order valence-electron chi connectivity index (χ2n) is 2.81. The maximum Gasteiger partial charge on any atom is 0.270 e. The maximum absolute atomic E-state index is 11.6. The molecule has 16 heavy (non-hydrogen) atoms. The predicted molar refractivity (Wildman–Crippen MR) is 56.4 cm³/mol. The Labute approximate surface area is 90.8 Å². The predicted octanol–water partition coefficient (Wildman–Crippen LogP) is 0.421. The molecular weight excluding hydrogens is 208 g/mol. The number of carbonyl (C=O) groups excluding carboxylic acids is 1. The minimum absolute atomic E-state index is 0.119. The molecule has 0 saturated carbocycles. The Morgan fingerprint density at radius 2 is 2.44 bits per heavy atom. The second kappa shape index (κ2) is 4.30. The highest BCUT2D eigenvalue weighted by Gasteiger charge is 2.08. The summed E-state index contributed by atoms with van der Waals surface area (Å²) in [5.41, 5.74) is 0.428. The highest BCUT2D eigenvalue weighted by atomic mass is 16.1. The van der Waals surface area contributed by atoms with Gasteiger partial charge in [-0.1, -0.05) is 11.7 Å². The van der Waals surface area contributed by atoms with Gasteiger partial charge in [-0.15, -0.1) is 9.90 Å². The lowest BCUT2D eigenvalue weighted by atomic mass is 10.3. The molecule has 0 unspecified atom stereocenters. The molecule has 0 spiro atoms. The van der Waals surface area contributed by atoms with Crippen LogP contribution in [0.1, 0.15) is 10.4 Å². The molecule has 80 valence electrons. The number of tetrazole rings is 1. The Morgan fingerprint density at radius 3 is 3.06 bits per heavy atom. The first-order valence-corrected chi connectivity index (χ1v) is 4.43. The Morgan fingerprint density at radius 1 is 1.56 bits per heavy atom. The van der Waals surface area contributed by atoms with Crippen LogP contribution in [0.4, 0.5) is 5.95 Å². The largest absolute Gasteiger partial charge is 0.288 e. The van der Waals surface area contributed by atoms with Crippen molar-refractivity contribution in [2.75, 3.05) is 5.32 Å². The smallest absolute Gasteiger partial charge is 0.270 e. The number of nitrogens with one attached hydrogen (secondary N) is 1. The molecular formula is C9H8N6O. The summed E-state index contributed by atoms with van der Waals surface area (Å²) in [5, 5.41) is 13.5. The van der Waals surface area contributed by atoms with Gasteiger partial charge in [0.25, 0.3) is 11.9 Å². The van der Waals surface area contributed by atoms with Crippen molar-refractivity contribution in [3.05, 3.63) is 36.7 Å². The van der Waals surface area contributed by atoms with E-state index in [1.165, 1.54) is 12.4 Å². The van der Waals surface area contributed by atoms with Crippen LogP contribution in [0.15, 0.2) is 31.1 Å². The molecule has 0 aliphatic rings. The van der Waals surface area contributed by atoms with Crippen LogP contribution in [0.5, 0.6) is 0 Å². The zero-order valence-electron chi connectivity index (χ0n) is 8.24. The second-order valence-corrected chi connectivity index (χ2v) is 2.81. The third kappa shape index (κ3) is 2.08. The third-order valence-corrected chi connectivity index (χ3v) is 1.74. The summed E-state index contributed by atoms with van der Waals surface area (Å²) in [6.07, 6.45) is 4.41. The number of hydrogen-bond donors (Lipinski definition) is 1. The molecule has 0 aliphatic heterocycles. The number of nitrogens with zero attached hydrogens (tertiary/aromatic N) is 5. The van der Waals surface area contributed by atoms with E-state index in [1.54, 1.807) is 18.3 Å². The van der Waals surface area contributed by atoms with Gasteiger partial charge in [0.15, 0.2) is 0 Å². The minimum Gasteiger partial charge on any atom is -0.288 e. The Kier molecular flexibility index (Phi) is 2.68. The zero-order chi connectivity index (χ0) is 11.4. The summed E-state index contributed by atoms with van der Waals surface area (Å²) < 4.78 is 0. The molecule has 0 aromatic carbocycles. The number of anilines is 1. The van der Waals surface area contributed by atoms with Crippen molar-refractivity contribution in [2.24, 2.45) is 0 Å². The van der Waals surface area contributed by atoms with Gasteiger partial charge in [-0.25, -0.2) is 0 Å². The highest BCUT2D eigenvalue weighted by Crippen LogP contribution is 2.00. The van der Waals surface area contributed by atoms with E-state index < -0.39 is 0 Å². The fraction of sp³-hybridized carbons (Fsp3) is 0. The van der Waals surface area contributed by atoms with Crippen molar-refractivity contribution >= 4 is 18.1 Å². The van der Waals surface area contributed by atoms with Gasteiger partial charge in [-0.3, -0.25) is 15.1 Å². The molecule has 0 atom stereocenters. The van der Waals surface area contributed by atoms with Crippen LogP contribution in [0.2, 0.25) is 0 Å². The number of pyridine rings is 1. The van der Waals surface area contributed by atoms with Gasteiger partial charge < -0.3 is 0 Å². The molecule has 0 bridgehead atoms. The Bertz CT molecular complexity index is 506. The molecule has 7 nitrogen and oxygen atoms in total. The molecule has 2 aromatic heterocycles. The first-order chi connectivity index (χ1) is 7.79. The molecule has 0 fully saturated rings. The van der Waals surface area contributed by atoms with Crippen LogP contribution in [-0.4, -0.2) is 31.1 Å². The normalized spacial score (nSPS) is 9.75. The molecule has 0 saturated heterocycles. The summed E-state index contributed by atoms with van der Waals surface area (Å²) >= 11 is 0. The molecule has 2 rings (SSSR count). The molecule has 0 radical (unpaired) electrons. The SMILES string of the molecule is C=Cn1nnc(NC(=O)c2cccnc2)n1. The zero-order valence-corrected chi connectivity index (χ0v) is 8.24. The van der Waals surface area contributed by atoms with Gasteiger partial charge >= 0.3 is 0 Å². The molecule has 1 N–H and O–H groups in total. The van der Waals surface area contributed by atoms with E-state index in [9.17, 15) is 4.79 Å². The summed E-state index contributed by atoms with van der Waals surface area (Å²) in [5.74, 6) is -0.217. The van der Waals surface area contributed by atoms with Crippen molar-refractivity contribution in [3.63, 3.8) is 0 Å². The van der Waals surface area contributed by atoms with Gasteiger partial charge in [0.2, 0.25) is 0 Å². The molecule has 2 heterocycles. The monoisotopic (exact) mass is 216 g/mol. The molecule has 0 aliphatic carbocycles. The summed E-state index contributed by atoms with van der Waals surface area (Å²) in [4.78, 5) is 16.6. The summed E-state index contributed by atoms with van der Waals surface area (Å²) in [6.45, 7) is 3.46. The molecule has 1 amide bonds. The van der Waals surface area contributed by atoms with Gasteiger partial charge in [0, 0.05) is 18.6 Å². The van der Waals surface area contributed by atoms with Crippen molar-refractivity contribution in [1.82, 2.24) is 25.2 Å². The lowest BCUT2D eigenvalue weighted by Gasteiger charge is -1.98. The number of amides is 1. The fourth-order valence-corrected chi connectivity index (χ4v) is 1.02. The highest BCUT2D eigenvalue weighted by molar-refractivity contribution is 6.02. The van der Waals surface area contributed by atoms with E-state index >= 15 is 0 Å². The van der Waals surface area contributed by atoms with E-state index in [4.69, 9.17) is 0 Å². The standard InChI is InChI=1S/C9H8N6O/c1-2-15-13-9(12-14-15)11-8(16)7-4-3-5-10-6-7/h2-6H,1H2,(H,11,13,16). The van der Waals surface area contributed by atoms with Gasteiger partial charge in [0.05, 0.1) is 5.56 Å². The Balaban J connectivity index is 2.11. The van der Waals surface area contributed by atoms with Crippen LogP contribution in [-0.2, 0) is 0 Å². The van der Waals surface area contributed by atoms with Crippen LogP contribution in [0, 0.1) is 0 Å². The van der Waals surface area contributed by atoms with Crippen molar-refractivity contribution in [2.45, 2.75) is 0 Å². The Hall–Kier alpha value is -2.57. The van der Waals surface area contributed by atoms with E-state index in [0.29, 0.717) is 5.56 Å². The fourth-order valence-electron chi connectivity index (χ4n) is 1.02. The van der Waals surface area contributed by atoms with E-state index in [-0.39, 0.29) is 11.9 Å². The third-order valence-electron chi connectivity index (χ3n) is 1.74. The molecule has 2 aromatic rings. The summed E-state index contributed by atoms with van der Waals surface area (Å²) in [7, 11) is 0. The number of carbonyl (C=O) groups is 1. The number of hydrogen-bond acceptors (Lipinski definition) is 5. The quantitative estimate of drug-likeness (QED) is 0.803. The van der Waals surface area contributed by atoms with E-state index in [2.05, 4.69) is 32.3 Å². The van der Waals surface area contributed by atoms with Crippen LogP contribution < -0.4 is 5.32 Å². The average Bonchev–Trinajstić information content (AvgIpc) is 2.78. The lowest BCUT2D eigenvalue weighted by molar-refractivity contribution is 0.102. The number of rotatable bonds is 3. The van der Waals surface area contributed by atoms with Crippen LogP contribution in [0.3, 0.4) is 0 Å². The van der Waals surface area contributed by atoms with E-state index in [1.807, 2.05) is 0 Å². The van der Waals surface area contributed by atoms with Crippen molar-refractivity contribution < 1.29 is 4.79 Å². The summed E-state index contributed by atoms with van der Waals surface area (Å²) in [6, 6.07) is 3.31. The van der Waals surface area contributed by atoms with E-state index in [0.717, 1.165) is 4.80 Å². The van der Waals surface area contributed by atoms with Gasteiger partial charge in [-0.2, -0.15) is 0 Å². The van der Waals surface area contributed by atoms with Crippen LogP contribution in [0.25, 0.3) is 6.20 Å². The minimum atomic E-state index is -0.336. The lowest BCUT2D eigenvalue weighted by Crippen LogP contribution is -2.13. The topological polar surface area (TPSA) is 85.6 Å². The molecule has 7 heteroatoms.